The van der Waals surface area contributed by atoms with Gasteiger partial charge in [0, 0.05) is 52.0 Å². The number of pyridine rings is 1. The van der Waals surface area contributed by atoms with Crippen molar-refractivity contribution in [1.29, 1.82) is 0 Å². The van der Waals surface area contributed by atoms with Crippen molar-refractivity contribution in [2.24, 2.45) is 14.1 Å². The zero-order valence-electron chi connectivity index (χ0n) is 23.9. The number of nitrogens with zero attached hydrogens (tertiary/aromatic N) is 7. The smallest absolute Gasteiger partial charge is 0.285 e. The van der Waals surface area contributed by atoms with Crippen LogP contribution in [0.2, 0.25) is 5.15 Å². The van der Waals surface area contributed by atoms with Gasteiger partial charge in [-0.05, 0) is 37.6 Å². The molecule has 1 saturated heterocycles. The van der Waals surface area contributed by atoms with Crippen molar-refractivity contribution in [1.82, 2.24) is 29.0 Å². The number of carbonyl (C=O) groups excluding carboxylic acids is 1. The van der Waals surface area contributed by atoms with Gasteiger partial charge in [0.1, 0.15) is 5.15 Å². The van der Waals surface area contributed by atoms with Crippen LogP contribution in [-0.4, -0.2) is 71.1 Å². The van der Waals surface area contributed by atoms with Crippen molar-refractivity contribution in [3.8, 4) is 0 Å². The van der Waals surface area contributed by atoms with Gasteiger partial charge in [-0.1, -0.05) is 17.7 Å². The van der Waals surface area contributed by atoms with Gasteiger partial charge < -0.3 is 15.1 Å². The van der Waals surface area contributed by atoms with Crippen molar-refractivity contribution >= 4 is 55.8 Å². The minimum atomic E-state index is -3.83. The number of benzene rings is 1. The van der Waals surface area contributed by atoms with E-state index in [0.717, 1.165) is 36.2 Å². The summed E-state index contributed by atoms with van der Waals surface area (Å²) in [7, 11) is -0.211. The number of sulfonamides is 1. The van der Waals surface area contributed by atoms with Crippen LogP contribution in [-0.2, 0) is 24.1 Å². The molecule has 3 aromatic heterocycles. The second-order valence-electron chi connectivity index (χ2n) is 10.5. The van der Waals surface area contributed by atoms with E-state index in [1.165, 1.54) is 6.07 Å². The first-order chi connectivity index (χ1) is 19.8. The highest BCUT2D eigenvalue weighted by molar-refractivity contribution is 7.89. The third-order valence-corrected chi connectivity index (χ3v) is 7.91. The molecule has 1 amide bonds. The highest BCUT2D eigenvalue weighted by Gasteiger charge is 2.25. The number of hydrogen-bond donors (Lipinski definition) is 2. The number of rotatable bonds is 7. The van der Waals surface area contributed by atoms with Crippen LogP contribution in [0.5, 0.6) is 0 Å². The number of hydrogen-bond acceptors (Lipinski definition) is 10. The molecule has 13 nitrogen and oxygen atoms in total. The Labute approximate surface area is 248 Å². The van der Waals surface area contributed by atoms with Gasteiger partial charge in [0.05, 0.1) is 40.8 Å². The number of amides is 1. The largest absolute Gasteiger partial charge is 0.377 e. The number of fused-ring (bicyclic) bond motifs is 1. The summed E-state index contributed by atoms with van der Waals surface area (Å²) in [6.07, 6.45) is 4.71. The molecule has 0 spiro atoms. The normalized spacial score (nSPS) is 14.7. The monoisotopic (exact) mass is 613 g/mol. The summed E-state index contributed by atoms with van der Waals surface area (Å²) >= 11 is 6.03. The Morgan fingerprint density at radius 2 is 1.76 bits per heavy atom. The van der Waals surface area contributed by atoms with Crippen molar-refractivity contribution in [3.05, 3.63) is 69.0 Å². The standard InChI is InChI=1S/C27H32ClN9O4S/c1-16-12-19(17(2)30-21-6-7-22(28)31-24(21)25(38)33-42(5,40)41)23-20(13-16)26(39)35(4)27(32-23)37-10-8-36(9-11-37)18-14-29-34(3)15-18/h6-7,12-15,17,30H,8-11H2,1-5H3,(H,33,38)/t17-/m1/s1. The number of halogens is 1. The molecule has 1 atom stereocenters. The van der Waals surface area contributed by atoms with Gasteiger partial charge in [0.25, 0.3) is 11.5 Å². The molecule has 1 fully saturated rings. The molecule has 0 saturated carbocycles. The Morgan fingerprint density at radius 3 is 2.40 bits per heavy atom. The van der Waals surface area contributed by atoms with Crippen LogP contribution >= 0.6 is 11.6 Å². The molecule has 2 N–H and O–H groups in total. The number of piperazine rings is 1. The lowest BCUT2D eigenvalue weighted by atomic mass is 10.0. The van der Waals surface area contributed by atoms with E-state index < -0.39 is 22.0 Å². The zero-order chi connectivity index (χ0) is 30.3. The Kier molecular flexibility index (Phi) is 7.86. The van der Waals surface area contributed by atoms with Crippen LogP contribution in [0.3, 0.4) is 0 Å². The molecule has 42 heavy (non-hydrogen) atoms. The van der Waals surface area contributed by atoms with Crippen LogP contribution in [0, 0.1) is 6.92 Å². The van der Waals surface area contributed by atoms with Crippen LogP contribution < -0.4 is 25.4 Å². The molecule has 0 aliphatic carbocycles. The fourth-order valence-electron chi connectivity index (χ4n) is 5.14. The Morgan fingerprint density at radius 1 is 1.07 bits per heavy atom. The maximum absolute atomic E-state index is 13.6. The Bertz CT molecular complexity index is 1850. The summed E-state index contributed by atoms with van der Waals surface area (Å²) in [4.78, 5) is 39.7. The second-order valence-corrected chi connectivity index (χ2v) is 12.6. The second kappa shape index (κ2) is 11.2. The van der Waals surface area contributed by atoms with Crippen molar-refractivity contribution < 1.29 is 13.2 Å². The van der Waals surface area contributed by atoms with E-state index in [0.29, 0.717) is 29.9 Å². The van der Waals surface area contributed by atoms with Crippen molar-refractivity contribution in [3.63, 3.8) is 0 Å². The summed E-state index contributed by atoms with van der Waals surface area (Å²) in [5.41, 5.74) is 3.14. The molecule has 1 aliphatic rings. The molecular formula is C27H32ClN9O4S. The molecule has 1 aromatic carbocycles. The summed E-state index contributed by atoms with van der Waals surface area (Å²) in [6.45, 7) is 6.61. The maximum Gasteiger partial charge on any atom is 0.285 e. The quantitative estimate of drug-likeness (QED) is 0.297. The molecule has 1 aliphatic heterocycles. The zero-order valence-corrected chi connectivity index (χ0v) is 25.5. The van der Waals surface area contributed by atoms with E-state index in [9.17, 15) is 18.0 Å². The molecule has 0 unspecified atom stereocenters. The predicted molar refractivity (Wildman–Crippen MR) is 163 cm³/mol. The number of anilines is 3. The van der Waals surface area contributed by atoms with Gasteiger partial charge in [-0.2, -0.15) is 5.10 Å². The minimum absolute atomic E-state index is 0.0336. The van der Waals surface area contributed by atoms with Crippen molar-refractivity contribution in [2.75, 3.05) is 47.6 Å². The van der Waals surface area contributed by atoms with Gasteiger partial charge in [-0.3, -0.25) is 18.8 Å². The Hall–Kier alpha value is -4.17. The van der Waals surface area contributed by atoms with Crippen LogP contribution in [0.1, 0.15) is 34.6 Å². The first-order valence-corrected chi connectivity index (χ1v) is 15.5. The molecule has 4 heterocycles. The highest BCUT2D eigenvalue weighted by Crippen LogP contribution is 2.29. The van der Waals surface area contributed by atoms with Gasteiger partial charge in [0.2, 0.25) is 16.0 Å². The third kappa shape index (κ3) is 6.04. The van der Waals surface area contributed by atoms with Crippen LogP contribution in [0.4, 0.5) is 17.3 Å². The maximum atomic E-state index is 13.6. The lowest BCUT2D eigenvalue weighted by molar-refractivity contribution is 0.0977. The van der Waals surface area contributed by atoms with Gasteiger partial charge in [-0.25, -0.2) is 23.1 Å². The van der Waals surface area contributed by atoms with E-state index in [1.807, 2.05) is 50.1 Å². The minimum Gasteiger partial charge on any atom is -0.377 e. The lowest BCUT2D eigenvalue weighted by Gasteiger charge is -2.36. The van der Waals surface area contributed by atoms with Gasteiger partial charge in [0.15, 0.2) is 5.69 Å². The molecule has 4 aromatic rings. The van der Waals surface area contributed by atoms with E-state index in [2.05, 4.69) is 25.2 Å². The SMILES string of the molecule is Cc1cc([C@@H](C)Nc2ccc(Cl)nc2C(=O)NS(C)(=O)=O)c2nc(N3CCN(c4cnn(C)c4)CC3)n(C)c(=O)c2c1. The fraction of sp³-hybridized carbons (Fsp3) is 0.370. The number of aryl methyl sites for hydroxylation is 2. The summed E-state index contributed by atoms with van der Waals surface area (Å²) < 4.78 is 28.7. The molecule has 5 rings (SSSR count). The third-order valence-electron chi connectivity index (χ3n) is 7.14. The number of nitrogens with one attached hydrogen (secondary N) is 2. The van der Waals surface area contributed by atoms with Crippen LogP contribution in [0.25, 0.3) is 10.9 Å². The van der Waals surface area contributed by atoms with E-state index in [-0.39, 0.29) is 22.1 Å². The topological polar surface area (TPSA) is 147 Å². The first kappa shape index (κ1) is 29.3. The summed E-state index contributed by atoms with van der Waals surface area (Å²) in [5, 5.41) is 8.02. The van der Waals surface area contributed by atoms with Gasteiger partial charge in [-0.15, -0.1) is 0 Å². The van der Waals surface area contributed by atoms with Crippen LogP contribution in [0.15, 0.2) is 41.5 Å². The molecule has 0 radical (unpaired) electrons. The molecule has 15 heteroatoms. The van der Waals surface area contributed by atoms with E-state index in [1.54, 1.807) is 22.4 Å². The van der Waals surface area contributed by atoms with E-state index >= 15 is 0 Å². The van der Waals surface area contributed by atoms with Crippen molar-refractivity contribution in [2.45, 2.75) is 19.9 Å². The average molecular weight is 614 g/mol. The predicted octanol–water partition coefficient (Wildman–Crippen LogP) is 2.21. The molecule has 0 bridgehead atoms. The summed E-state index contributed by atoms with van der Waals surface area (Å²) in [5.74, 6) is -0.347. The molecule has 222 valence electrons. The lowest BCUT2D eigenvalue weighted by Crippen LogP contribution is -2.48. The van der Waals surface area contributed by atoms with Gasteiger partial charge >= 0.3 is 0 Å². The number of aromatic nitrogens is 5. The first-order valence-electron chi connectivity index (χ1n) is 13.3. The average Bonchev–Trinajstić information content (AvgIpc) is 3.37. The van der Waals surface area contributed by atoms with E-state index in [4.69, 9.17) is 16.6 Å². The number of carbonyl (C=O) groups is 1. The fourth-order valence-corrected chi connectivity index (χ4v) is 5.72. The Balaban J connectivity index is 1.49. The highest BCUT2D eigenvalue weighted by atomic mass is 35.5. The summed E-state index contributed by atoms with van der Waals surface area (Å²) in [6, 6.07) is 6.37. The molecular weight excluding hydrogens is 582 g/mol.